The van der Waals surface area contributed by atoms with Gasteiger partial charge in [-0.1, -0.05) is 199 Å². The van der Waals surface area contributed by atoms with Crippen LogP contribution in [-0.4, -0.2) is 49.9 Å². The molecular formula is C45H90NO7P. The van der Waals surface area contributed by atoms with E-state index in [4.69, 9.17) is 24.3 Å². The molecule has 0 aromatic rings. The van der Waals surface area contributed by atoms with Crippen molar-refractivity contribution in [2.24, 2.45) is 5.73 Å². The maximum Gasteiger partial charge on any atom is 0.472 e. The highest BCUT2D eigenvalue weighted by atomic mass is 31.2. The molecule has 0 aromatic heterocycles. The molecule has 322 valence electrons. The van der Waals surface area contributed by atoms with E-state index in [1.807, 2.05) is 0 Å². The Balaban J connectivity index is 3.87. The summed E-state index contributed by atoms with van der Waals surface area (Å²) in [6.45, 7) is 4.93. The van der Waals surface area contributed by atoms with Crippen LogP contribution in [-0.2, 0) is 27.9 Å². The lowest BCUT2D eigenvalue weighted by Gasteiger charge is -2.20. The molecule has 3 N–H and O–H groups in total. The summed E-state index contributed by atoms with van der Waals surface area (Å²) in [4.78, 5) is 22.4. The fourth-order valence-electron chi connectivity index (χ4n) is 6.76. The summed E-state index contributed by atoms with van der Waals surface area (Å²) in [5.74, 6) is -0.336. The van der Waals surface area contributed by atoms with Crippen molar-refractivity contribution < 1.29 is 32.8 Å². The molecule has 0 aliphatic heterocycles. The molecule has 0 aliphatic carbocycles. The lowest BCUT2D eigenvalue weighted by Crippen LogP contribution is -2.28. The first-order valence-electron chi connectivity index (χ1n) is 23.2. The number of carbonyl (C=O) groups is 1. The summed E-state index contributed by atoms with van der Waals surface area (Å²) < 4.78 is 33.4. The smallest absolute Gasteiger partial charge is 0.457 e. The SMILES string of the molecule is CCCCC/C=C\CCCCCCCC(=O)OC(COCCCCCCCCCCCCCCCCCCCCCCCCC)COP(=O)(O)OCCN. The van der Waals surface area contributed by atoms with Gasteiger partial charge in [-0.05, 0) is 38.5 Å². The van der Waals surface area contributed by atoms with Crippen LogP contribution in [0, 0.1) is 0 Å². The van der Waals surface area contributed by atoms with E-state index >= 15 is 0 Å². The monoisotopic (exact) mass is 788 g/mol. The number of carbonyl (C=O) groups excluding carboxylic acids is 1. The molecule has 0 aliphatic rings. The molecule has 0 radical (unpaired) electrons. The predicted octanol–water partition coefficient (Wildman–Crippen LogP) is 13.9. The van der Waals surface area contributed by atoms with Gasteiger partial charge in [0, 0.05) is 19.6 Å². The van der Waals surface area contributed by atoms with Crippen LogP contribution < -0.4 is 5.73 Å². The van der Waals surface area contributed by atoms with E-state index in [-0.39, 0.29) is 32.3 Å². The van der Waals surface area contributed by atoms with Crippen LogP contribution >= 0.6 is 7.82 Å². The molecule has 0 spiro atoms. The van der Waals surface area contributed by atoms with Crippen LogP contribution in [0.4, 0.5) is 0 Å². The molecule has 0 aromatic carbocycles. The summed E-state index contributed by atoms with van der Waals surface area (Å²) in [5.41, 5.74) is 5.37. The standard InChI is InChI=1S/C45H90NO7P/c1-3-5-7-9-11-13-15-17-18-19-20-21-22-23-24-25-26-27-29-31-33-35-37-40-50-42-44(43-52-54(48,49)51-41-39-46)53-45(47)38-36-34-32-30-28-16-14-12-10-8-6-4-2/h12,14,44H,3-11,13,15-43,46H2,1-2H3,(H,48,49)/b14-12-. The fourth-order valence-corrected chi connectivity index (χ4v) is 7.52. The van der Waals surface area contributed by atoms with Gasteiger partial charge in [-0.25, -0.2) is 4.57 Å². The van der Waals surface area contributed by atoms with E-state index in [2.05, 4.69) is 26.0 Å². The summed E-state index contributed by atoms with van der Waals surface area (Å²) in [5, 5.41) is 0. The lowest BCUT2D eigenvalue weighted by molar-refractivity contribution is -0.154. The first-order chi connectivity index (χ1) is 26.4. The van der Waals surface area contributed by atoms with Gasteiger partial charge in [-0.2, -0.15) is 0 Å². The zero-order valence-electron chi connectivity index (χ0n) is 35.7. The minimum absolute atomic E-state index is 0.0937. The number of allylic oxidation sites excluding steroid dienone is 2. The number of hydrogen-bond donors (Lipinski definition) is 2. The van der Waals surface area contributed by atoms with Gasteiger partial charge < -0.3 is 20.1 Å². The van der Waals surface area contributed by atoms with Crippen molar-refractivity contribution in [3.05, 3.63) is 12.2 Å². The zero-order chi connectivity index (χ0) is 39.5. The van der Waals surface area contributed by atoms with Crippen molar-refractivity contribution in [1.82, 2.24) is 0 Å². The number of rotatable bonds is 45. The highest BCUT2D eigenvalue weighted by Crippen LogP contribution is 2.43. The molecule has 0 fully saturated rings. The molecule has 0 heterocycles. The van der Waals surface area contributed by atoms with Crippen LogP contribution in [0.1, 0.15) is 232 Å². The summed E-state index contributed by atoms with van der Waals surface area (Å²) in [6, 6.07) is 0. The third-order valence-corrected chi connectivity index (χ3v) is 11.2. The molecule has 54 heavy (non-hydrogen) atoms. The maximum atomic E-state index is 12.6. The Morgan fingerprint density at radius 2 is 0.926 bits per heavy atom. The minimum atomic E-state index is -4.27. The van der Waals surface area contributed by atoms with Crippen LogP contribution in [0.3, 0.4) is 0 Å². The summed E-state index contributed by atoms with van der Waals surface area (Å²) >= 11 is 0. The first-order valence-corrected chi connectivity index (χ1v) is 24.7. The molecular weight excluding hydrogens is 697 g/mol. The van der Waals surface area contributed by atoms with Gasteiger partial charge in [-0.3, -0.25) is 13.8 Å². The Kier molecular flexibility index (Phi) is 42.8. The lowest BCUT2D eigenvalue weighted by atomic mass is 10.0. The van der Waals surface area contributed by atoms with Crippen molar-refractivity contribution >= 4 is 13.8 Å². The third kappa shape index (κ3) is 42.4. The summed E-state index contributed by atoms with van der Waals surface area (Å²) in [7, 11) is -4.27. The Bertz CT molecular complexity index is 843. The quantitative estimate of drug-likeness (QED) is 0.0271. The normalized spacial score (nSPS) is 13.5. The van der Waals surface area contributed by atoms with Crippen molar-refractivity contribution in [2.45, 2.75) is 238 Å². The van der Waals surface area contributed by atoms with E-state index in [0.29, 0.717) is 13.0 Å². The number of phosphoric acid groups is 1. The first kappa shape index (κ1) is 53.2. The van der Waals surface area contributed by atoms with Crippen LogP contribution in [0.2, 0.25) is 0 Å². The van der Waals surface area contributed by atoms with Gasteiger partial charge in [0.05, 0.1) is 19.8 Å². The largest absolute Gasteiger partial charge is 0.472 e. The number of ether oxygens (including phenoxy) is 2. The van der Waals surface area contributed by atoms with Crippen molar-refractivity contribution in [2.75, 3.05) is 33.0 Å². The van der Waals surface area contributed by atoms with Crippen molar-refractivity contribution in [1.29, 1.82) is 0 Å². The number of nitrogens with two attached hydrogens (primary N) is 1. The third-order valence-electron chi connectivity index (χ3n) is 10.2. The molecule has 0 saturated heterocycles. The van der Waals surface area contributed by atoms with E-state index in [9.17, 15) is 14.3 Å². The number of phosphoric ester groups is 1. The molecule has 8 nitrogen and oxygen atoms in total. The molecule has 2 unspecified atom stereocenters. The van der Waals surface area contributed by atoms with Crippen LogP contribution in [0.15, 0.2) is 12.2 Å². The molecule has 2 atom stereocenters. The molecule has 0 saturated carbocycles. The van der Waals surface area contributed by atoms with Gasteiger partial charge >= 0.3 is 13.8 Å². The van der Waals surface area contributed by atoms with Gasteiger partial charge in [0.2, 0.25) is 0 Å². The average Bonchev–Trinajstić information content (AvgIpc) is 3.16. The highest BCUT2D eigenvalue weighted by molar-refractivity contribution is 7.47. The van der Waals surface area contributed by atoms with Gasteiger partial charge in [0.25, 0.3) is 0 Å². The molecule has 0 bridgehead atoms. The van der Waals surface area contributed by atoms with Gasteiger partial charge in [0.15, 0.2) is 0 Å². The molecule has 0 amide bonds. The Labute approximate surface area is 334 Å². The maximum absolute atomic E-state index is 12.6. The van der Waals surface area contributed by atoms with E-state index in [0.717, 1.165) is 44.9 Å². The van der Waals surface area contributed by atoms with Crippen LogP contribution in [0.25, 0.3) is 0 Å². The highest BCUT2D eigenvalue weighted by Gasteiger charge is 2.25. The molecule has 9 heteroatoms. The minimum Gasteiger partial charge on any atom is -0.457 e. The topological polar surface area (TPSA) is 117 Å². The summed E-state index contributed by atoms with van der Waals surface area (Å²) in [6.07, 6.45) is 46.7. The predicted molar refractivity (Wildman–Crippen MR) is 229 cm³/mol. The molecule has 0 rings (SSSR count). The zero-order valence-corrected chi connectivity index (χ0v) is 36.6. The van der Waals surface area contributed by atoms with E-state index in [1.165, 1.54) is 167 Å². The second kappa shape index (κ2) is 43.4. The second-order valence-corrected chi connectivity index (χ2v) is 17.1. The Morgan fingerprint density at radius 1 is 0.537 bits per heavy atom. The number of unbranched alkanes of at least 4 members (excludes halogenated alkanes) is 30. The average molecular weight is 788 g/mol. The van der Waals surface area contributed by atoms with E-state index < -0.39 is 13.9 Å². The Morgan fingerprint density at radius 3 is 1.39 bits per heavy atom. The van der Waals surface area contributed by atoms with Gasteiger partial charge in [-0.15, -0.1) is 0 Å². The van der Waals surface area contributed by atoms with Gasteiger partial charge in [0.1, 0.15) is 6.10 Å². The number of hydrogen-bond acceptors (Lipinski definition) is 7. The van der Waals surface area contributed by atoms with E-state index in [1.54, 1.807) is 0 Å². The van der Waals surface area contributed by atoms with Crippen molar-refractivity contribution in [3.8, 4) is 0 Å². The van der Waals surface area contributed by atoms with Crippen LogP contribution in [0.5, 0.6) is 0 Å². The fraction of sp³-hybridized carbons (Fsp3) is 0.933. The number of esters is 1. The Hall–Kier alpha value is -0.760. The van der Waals surface area contributed by atoms with Crippen molar-refractivity contribution in [3.63, 3.8) is 0 Å². The second-order valence-electron chi connectivity index (χ2n) is 15.6.